The number of esters is 1. The number of fused-ring (bicyclic) bond motifs is 5. The number of halogens is 1. The average molecular weight is 507 g/mol. The Morgan fingerprint density at radius 2 is 2.00 bits per heavy atom. The van der Waals surface area contributed by atoms with Gasteiger partial charge in [-0.05, 0) is 69.3 Å². The van der Waals surface area contributed by atoms with E-state index in [1.165, 1.54) is 19.3 Å². The lowest BCUT2D eigenvalue weighted by Gasteiger charge is -2.62. The molecule has 3 saturated carbocycles. The molecular weight excluding hydrogens is 467 g/mol. The van der Waals surface area contributed by atoms with E-state index >= 15 is 4.39 Å². The average Bonchev–Trinajstić information content (AvgIpc) is 3.02. The topological polar surface area (TPSA) is 72.8 Å². The number of hydrogen-bond acceptors (Lipinski definition) is 6. The molecule has 5 nitrogen and oxygen atoms in total. The summed E-state index contributed by atoms with van der Waals surface area (Å²) < 4.78 is 29.2. The molecule has 0 spiro atoms. The molecule has 1 N–H and O–H groups in total. The third-order valence-electron chi connectivity index (χ3n) is 9.93. The maximum absolute atomic E-state index is 17.4. The Kier molecular flexibility index (Phi) is 6.85. The zero-order chi connectivity index (χ0) is 25.8. The summed E-state index contributed by atoms with van der Waals surface area (Å²) in [6.07, 6.45) is 8.06. The van der Waals surface area contributed by atoms with Gasteiger partial charge in [0.15, 0.2) is 17.1 Å². The third kappa shape index (κ3) is 3.51. The first kappa shape index (κ1) is 26.5. The van der Waals surface area contributed by atoms with Gasteiger partial charge in [-0.2, -0.15) is 0 Å². The fourth-order valence-corrected chi connectivity index (χ4v) is 8.60. The quantitative estimate of drug-likeness (QED) is 0.294. The minimum absolute atomic E-state index is 0.0887. The number of carbonyl (C=O) groups is 2. The Balaban J connectivity index is 1.76. The van der Waals surface area contributed by atoms with Gasteiger partial charge in [-0.15, -0.1) is 0 Å². The molecule has 0 heterocycles. The number of alkyl halides is 1. The summed E-state index contributed by atoms with van der Waals surface area (Å²) in [5.41, 5.74) is -4.25. The van der Waals surface area contributed by atoms with E-state index in [0.717, 1.165) is 24.8 Å². The number of hydrogen-bond donors (Lipinski definition) is 1. The van der Waals surface area contributed by atoms with Crippen LogP contribution in [0.15, 0.2) is 23.8 Å². The van der Waals surface area contributed by atoms with Gasteiger partial charge in [0.1, 0.15) is 0 Å². The maximum atomic E-state index is 17.4. The molecule has 7 heteroatoms. The van der Waals surface area contributed by atoms with Crippen LogP contribution in [0.3, 0.4) is 0 Å². The van der Waals surface area contributed by atoms with E-state index in [-0.39, 0.29) is 35.1 Å². The van der Waals surface area contributed by atoms with Crippen LogP contribution in [-0.4, -0.2) is 46.4 Å². The highest BCUT2D eigenvalue weighted by atomic mass is 32.1. The van der Waals surface area contributed by atoms with E-state index in [0.29, 0.717) is 25.7 Å². The first-order chi connectivity index (χ1) is 16.4. The first-order valence-electron chi connectivity index (χ1n) is 13.0. The van der Waals surface area contributed by atoms with Crippen molar-refractivity contribution in [1.29, 1.82) is 0 Å². The fourth-order valence-electron chi connectivity index (χ4n) is 8.13. The van der Waals surface area contributed by atoms with Gasteiger partial charge < -0.3 is 14.6 Å². The van der Waals surface area contributed by atoms with Gasteiger partial charge in [-0.3, -0.25) is 9.59 Å². The third-order valence-corrected chi connectivity index (χ3v) is 10.4. The van der Waals surface area contributed by atoms with Crippen molar-refractivity contribution in [2.75, 3.05) is 7.11 Å². The van der Waals surface area contributed by atoms with Crippen LogP contribution in [0.4, 0.5) is 4.39 Å². The fraction of sp³-hybridized carbons (Fsp3) is 0.750. The lowest BCUT2D eigenvalue weighted by atomic mass is 9.45. The number of aliphatic hydroxyl groups excluding tert-OH is 1. The lowest BCUT2D eigenvalue weighted by molar-refractivity contribution is -0.218. The number of aliphatic hydroxyl groups is 1. The number of carbonyl (C=O) groups excluding carboxylic acids is 2. The van der Waals surface area contributed by atoms with Crippen LogP contribution in [0.25, 0.3) is 0 Å². The van der Waals surface area contributed by atoms with Crippen molar-refractivity contribution in [2.24, 2.45) is 28.6 Å². The Morgan fingerprint density at radius 3 is 2.66 bits per heavy atom. The molecule has 4 rings (SSSR count). The summed E-state index contributed by atoms with van der Waals surface area (Å²) in [5.74, 6) is -1.30. The van der Waals surface area contributed by atoms with Crippen molar-refractivity contribution < 1.29 is 28.6 Å². The van der Waals surface area contributed by atoms with Crippen LogP contribution in [0.1, 0.15) is 79.1 Å². The molecule has 0 unspecified atom stereocenters. The highest BCUT2D eigenvalue weighted by Gasteiger charge is 2.77. The molecule has 0 bridgehead atoms. The number of thiocarbonyl (C=S) groups is 1. The highest BCUT2D eigenvalue weighted by Crippen LogP contribution is 2.71. The van der Waals surface area contributed by atoms with Gasteiger partial charge in [-0.25, -0.2) is 4.39 Å². The smallest absolute Gasteiger partial charge is 0.306 e. The second-order valence-electron chi connectivity index (χ2n) is 11.6. The van der Waals surface area contributed by atoms with E-state index in [1.807, 2.05) is 13.8 Å². The summed E-state index contributed by atoms with van der Waals surface area (Å²) >= 11 is 5.71. The molecular formula is C28H39FO5S. The molecule has 3 fully saturated rings. The number of allylic oxidation sites excluding steroid dienone is 4. The number of rotatable bonds is 6. The van der Waals surface area contributed by atoms with Crippen LogP contribution in [0, 0.1) is 28.6 Å². The second-order valence-corrected chi connectivity index (χ2v) is 11.9. The molecule has 4 aliphatic carbocycles. The summed E-state index contributed by atoms with van der Waals surface area (Å²) in [6, 6.07) is 0. The van der Waals surface area contributed by atoms with Crippen molar-refractivity contribution in [3.8, 4) is 0 Å². The predicted octanol–water partition coefficient (Wildman–Crippen LogP) is 5.44. The van der Waals surface area contributed by atoms with Crippen molar-refractivity contribution >= 4 is 29.0 Å². The van der Waals surface area contributed by atoms with E-state index < -0.39 is 34.1 Å². The van der Waals surface area contributed by atoms with Gasteiger partial charge in [0.2, 0.25) is 5.05 Å². The van der Waals surface area contributed by atoms with E-state index in [2.05, 4.69) is 6.92 Å². The summed E-state index contributed by atoms with van der Waals surface area (Å²) in [7, 11) is 1.49. The minimum atomic E-state index is -1.94. The lowest BCUT2D eigenvalue weighted by Crippen LogP contribution is -2.69. The first-order valence-corrected chi connectivity index (χ1v) is 13.4. The van der Waals surface area contributed by atoms with Gasteiger partial charge in [0.05, 0.1) is 13.2 Å². The van der Waals surface area contributed by atoms with Gasteiger partial charge in [-0.1, -0.05) is 45.3 Å². The standard InChI is InChI=1S/C28H39FO5S/c1-6-7-8-9-23(32)34-28(24(35)33-5)17(2)14-21-20-11-10-18-15-19(30)12-13-25(18,3)27(20,29)22(31)16-26(21,28)4/h12-13,15,17,20-22,31H,6-11,14,16H2,1-5H3/t17-,20-,21-,22-,25-,26-,27-,28-/m0/s1. The summed E-state index contributed by atoms with van der Waals surface area (Å²) in [5, 5.41) is 11.8. The summed E-state index contributed by atoms with van der Waals surface area (Å²) in [6.45, 7) is 7.87. The van der Waals surface area contributed by atoms with Crippen LogP contribution < -0.4 is 0 Å². The van der Waals surface area contributed by atoms with Crippen LogP contribution in [-0.2, 0) is 19.1 Å². The Morgan fingerprint density at radius 1 is 1.29 bits per heavy atom. The zero-order valence-corrected chi connectivity index (χ0v) is 22.4. The van der Waals surface area contributed by atoms with Gasteiger partial charge >= 0.3 is 5.97 Å². The zero-order valence-electron chi connectivity index (χ0n) is 21.6. The highest BCUT2D eigenvalue weighted by molar-refractivity contribution is 7.80. The van der Waals surface area contributed by atoms with Crippen LogP contribution in [0.2, 0.25) is 0 Å². The number of methoxy groups -OCH3 is 1. The van der Waals surface area contributed by atoms with E-state index in [9.17, 15) is 14.7 Å². The normalized spacial score (nSPS) is 44.1. The van der Waals surface area contributed by atoms with E-state index in [1.54, 1.807) is 13.0 Å². The monoisotopic (exact) mass is 506 g/mol. The van der Waals surface area contributed by atoms with Crippen LogP contribution >= 0.6 is 12.2 Å². The SMILES string of the molecule is CCCCCC(=O)O[C@]1(C(=S)OC)[C@@H](C)C[C@H]2[C@@H]3CCC4=CC(=O)C=C[C@]4(C)[C@@]3(F)[C@@H](O)C[C@@]21C. The molecule has 4 aliphatic rings. The molecule has 0 saturated heterocycles. The molecule has 194 valence electrons. The number of unbranched alkanes of at least 4 members (excludes halogenated alkanes) is 2. The van der Waals surface area contributed by atoms with Gasteiger partial charge in [0, 0.05) is 29.1 Å². The van der Waals surface area contributed by atoms with Crippen molar-refractivity contribution in [2.45, 2.75) is 96.4 Å². The Hall–Kier alpha value is -1.60. The molecule has 0 radical (unpaired) electrons. The van der Waals surface area contributed by atoms with Crippen LogP contribution in [0.5, 0.6) is 0 Å². The largest absolute Gasteiger partial charge is 0.487 e. The molecule has 8 atom stereocenters. The molecule has 0 aliphatic heterocycles. The molecule has 0 aromatic rings. The molecule has 0 aromatic carbocycles. The summed E-state index contributed by atoms with van der Waals surface area (Å²) in [4.78, 5) is 25.1. The molecule has 0 amide bonds. The minimum Gasteiger partial charge on any atom is -0.487 e. The van der Waals surface area contributed by atoms with Gasteiger partial charge in [0.25, 0.3) is 0 Å². The number of ketones is 1. The number of ether oxygens (including phenoxy) is 2. The van der Waals surface area contributed by atoms with Crippen molar-refractivity contribution in [3.63, 3.8) is 0 Å². The van der Waals surface area contributed by atoms with Crippen molar-refractivity contribution in [1.82, 2.24) is 0 Å². The van der Waals surface area contributed by atoms with E-state index in [4.69, 9.17) is 21.7 Å². The Bertz CT molecular complexity index is 976. The molecule has 0 aromatic heterocycles. The molecule has 35 heavy (non-hydrogen) atoms. The predicted molar refractivity (Wildman–Crippen MR) is 135 cm³/mol. The van der Waals surface area contributed by atoms with Crippen molar-refractivity contribution in [3.05, 3.63) is 23.8 Å². The Labute approximate surface area is 213 Å². The second kappa shape index (κ2) is 9.05. The maximum Gasteiger partial charge on any atom is 0.306 e.